The lowest BCUT2D eigenvalue weighted by atomic mass is 10.1. The average Bonchev–Trinajstić information content (AvgIpc) is 2.54. The van der Waals surface area contributed by atoms with Gasteiger partial charge in [0.15, 0.2) is 11.5 Å². The molecule has 0 saturated heterocycles. The molecular weight excluding hydrogens is 272 g/mol. The second kappa shape index (κ2) is 6.60. The van der Waals surface area contributed by atoms with E-state index in [2.05, 4.69) is 10.3 Å². The summed E-state index contributed by atoms with van der Waals surface area (Å²) >= 11 is 0. The Labute approximate surface area is 122 Å². The smallest absolute Gasteiger partial charge is 0.257 e. The normalized spacial score (nSPS) is 9.86. The van der Waals surface area contributed by atoms with E-state index in [-0.39, 0.29) is 5.91 Å². The molecular formula is C15H16N2O4. The Balaban J connectivity index is 2.33. The topological polar surface area (TPSA) is 69.7 Å². The molecule has 0 spiro atoms. The van der Waals surface area contributed by atoms with Crippen molar-refractivity contribution in [3.63, 3.8) is 0 Å². The summed E-state index contributed by atoms with van der Waals surface area (Å²) in [5.41, 5.74) is 0.384. The number of pyridine rings is 1. The minimum Gasteiger partial charge on any atom is -0.493 e. The molecule has 0 atom stereocenters. The van der Waals surface area contributed by atoms with Crippen LogP contribution in [0.3, 0.4) is 0 Å². The molecule has 2 aromatic rings. The van der Waals surface area contributed by atoms with E-state index in [1.807, 2.05) is 0 Å². The number of benzene rings is 1. The third-order valence-electron chi connectivity index (χ3n) is 2.83. The molecule has 1 amide bonds. The van der Waals surface area contributed by atoms with E-state index >= 15 is 0 Å². The predicted octanol–water partition coefficient (Wildman–Crippen LogP) is 2.36. The first-order valence-corrected chi connectivity index (χ1v) is 6.22. The zero-order valence-electron chi connectivity index (χ0n) is 12.0. The number of rotatable bonds is 5. The van der Waals surface area contributed by atoms with Gasteiger partial charge in [0.25, 0.3) is 5.91 Å². The Bertz CT molecular complexity index is 604. The van der Waals surface area contributed by atoms with Crippen molar-refractivity contribution in [2.45, 2.75) is 0 Å². The largest absolute Gasteiger partial charge is 0.493 e. The number of ether oxygens (including phenoxy) is 3. The molecule has 0 bridgehead atoms. The Morgan fingerprint density at radius 2 is 1.71 bits per heavy atom. The number of aromatic nitrogens is 1. The van der Waals surface area contributed by atoms with E-state index in [0.717, 1.165) is 0 Å². The maximum absolute atomic E-state index is 12.2. The summed E-state index contributed by atoms with van der Waals surface area (Å²) in [5, 5.41) is 2.70. The first kappa shape index (κ1) is 14.6. The fourth-order valence-electron chi connectivity index (χ4n) is 1.84. The van der Waals surface area contributed by atoms with E-state index in [1.165, 1.54) is 21.3 Å². The minimum atomic E-state index is -0.312. The lowest BCUT2D eigenvalue weighted by Crippen LogP contribution is -2.13. The fraction of sp³-hybridized carbons (Fsp3) is 0.200. The number of amides is 1. The quantitative estimate of drug-likeness (QED) is 0.914. The molecule has 0 saturated carbocycles. The van der Waals surface area contributed by atoms with Crippen LogP contribution < -0.4 is 19.5 Å². The van der Waals surface area contributed by atoms with Crippen molar-refractivity contribution in [1.29, 1.82) is 0 Å². The van der Waals surface area contributed by atoms with Gasteiger partial charge < -0.3 is 19.5 Å². The lowest BCUT2D eigenvalue weighted by molar-refractivity contribution is 0.102. The molecule has 0 aliphatic heterocycles. The van der Waals surface area contributed by atoms with Crippen molar-refractivity contribution in [1.82, 2.24) is 4.98 Å². The van der Waals surface area contributed by atoms with Crippen LogP contribution in [0, 0.1) is 0 Å². The van der Waals surface area contributed by atoms with Gasteiger partial charge in [0.2, 0.25) is 5.75 Å². The molecule has 6 heteroatoms. The second-order valence-corrected chi connectivity index (χ2v) is 4.08. The summed E-state index contributed by atoms with van der Waals surface area (Å²) in [6.07, 6.45) is 1.60. The van der Waals surface area contributed by atoms with Crippen LogP contribution in [-0.2, 0) is 0 Å². The van der Waals surface area contributed by atoms with E-state index in [0.29, 0.717) is 28.6 Å². The van der Waals surface area contributed by atoms with Gasteiger partial charge in [-0.2, -0.15) is 0 Å². The first-order chi connectivity index (χ1) is 10.2. The highest BCUT2D eigenvalue weighted by Crippen LogP contribution is 2.38. The molecule has 110 valence electrons. The molecule has 1 aromatic heterocycles. The van der Waals surface area contributed by atoms with Gasteiger partial charge in [-0.3, -0.25) is 4.79 Å². The zero-order chi connectivity index (χ0) is 15.2. The Kier molecular flexibility index (Phi) is 4.61. The summed E-state index contributed by atoms with van der Waals surface area (Å²) in [7, 11) is 4.50. The van der Waals surface area contributed by atoms with Crippen molar-refractivity contribution in [3.05, 3.63) is 42.1 Å². The number of carbonyl (C=O) groups excluding carboxylic acids is 1. The SMILES string of the molecule is COc1cc(C(=O)Nc2ccccn2)cc(OC)c1OC. The Morgan fingerprint density at radius 3 is 2.19 bits per heavy atom. The standard InChI is InChI=1S/C15H16N2O4/c1-19-11-8-10(9-12(20-2)14(11)21-3)15(18)17-13-6-4-5-7-16-13/h4-9H,1-3H3,(H,16,17,18). The number of nitrogens with zero attached hydrogens (tertiary/aromatic N) is 1. The molecule has 0 unspecified atom stereocenters. The molecule has 1 N–H and O–H groups in total. The van der Waals surface area contributed by atoms with Crippen LogP contribution in [0.4, 0.5) is 5.82 Å². The van der Waals surface area contributed by atoms with Crippen LogP contribution in [0.25, 0.3) is 0 Å². The molecule has 1 heterocycles. The maximum atomic E-state index is 12.2. The predicted molar refractivity (Wildman–Crippen MR) is 78.3 cm³/mol. The van der Waals surface area contributed by atoms with E-state index in [9.17, 15) is 4.79 Å². The lowest BCUT2D eigenvalue weighted by Gasteiger charge is -2.13. The van der Waals surface area contributed by atoms with Gasteiger partial charge in [-0.15, -0.1) is 0 Å². The van der Waals surface area contributed by atoms with Gasteiger partial charge in [0.1, 0.15) is 5.82 Å². The van der Waals surface area contributed by atoms with Gasteiger partial charge in [0, 0.05) is 11.8 Å². The third kappa shape index (κ3) is 3.22. The van der Waals surface area contributed by atoms with Gasteiger partial charge in [-0.05, 0) is 24.3 Å². The molecule has 21 heavy (non-hydrogen) atoms. The van der Waals surface area contributed by atoms with Crippen molar-refractivity contribution in [3.8, 4) is 17.2 Å². The number of hydrogen-bond acceptors (Lipinski definition) is 5. The molecule has 0 aliphatic carbocycles. The van der Waals surface area contributed by atoms with E-state index in [1.54, 1.807) is 36.5 Å². The summed E-state index contributed by atoms with van der Waals surface area (Å²) in [5.74, 6) is 1.43. The monoisotopic (exact) mass is 288 g/mol. The molecule has 0 radical (unpaired) electrons. The molecule has 6 nitrogen and oxygen atoms in total. The molecule has 0 fully saturated rings. The third-order valence-corrected chi connectivity index (χ3v) is 2.83. The van der Waals surface area contributed by atoms with Gasteiger partial charge >= 0.3 is 0 Å². The maximum Gasteiger partial charge on any atom is 0.257 e. The van der Waals surface area contributed by atoms with Crippen molar-refractivity contribution in [2.24, 2.45) is 0 Å². The Morgan fingerprint density at radius 1 is 1.05 bits per heavy atom. The second-order valence-electron chi connectivity index (χ2n) is 4.08. The number of carbonyl (C=O) groups is 1. The highest BCUT2D eigenvalue weighted by Gasteiger charge is 2.17. The van der Waals surface area contributed by atoms with Crippen LogP contribution >= 0.6 is 0 Å². The summed E-state index contributed by atoms with van der Waals surface area (Å²) < 4.78 is 15.7. The first-order valence-electron chi connectivity index (χ1n) is 6.22. The van der Waals surface area contributed by atoms with Crippen LogP contribution in [0.2, 0.25) is 0 Å². The van der Waals surface area contributed by atoms with Crippen LogP contribution in [-0.4, -0.2) is 32.2 Å². The minimum absolute atomic E-state index is 0.312. The van der Waals surface area contributed by atoms with Crippen molar-refractivity contribution >= 4 is 11.7 Å². The number of anilines is 1. The summed E-state index contributed by atoms with van der Waals surface area (Å²) in [6.45, 7) is 0. The highest BCUT2D eigenvalue weighted by molar-refractivity contribution is 6.04. The van der Waals surface area contributed by atoms with Crippen LogP contribution in [0.15, 0.2) is 36.5 Å². The van der Waals surface area contributed by atoms with Gasteiger partial charge in [0.05, 0.1) is 21.3 Å². The summed E-state index contributed by atoms with van der Waals surface area (Å²) in [6, 6.07) is 8.43. The Hall–Kier alpha value is -2.76. The van der Waals surface area contributed by atoms with Crippen LogP contribution in [0.5, 0.6) is 17.2 Å². The van der Waals surface area contributed by atoms with Gasteiger partial charge in [-0.1, -0.05) is 6.07 Å². The van der Waals surface area contributed by atoms with E-state index in [4.69, 9.17) is 14.2 Å². The van der Waals surface area contributed by atoms with E-state index < -0.39 is 0 Å². The summed E-state index contributed by atoms with van der Waals surface area (Å²) in [4.78, 5) is 16.3. The van der Waals surface area contributed by atoms with Crippen molar-refractivity contribution < 1.29 is 19.0 Å². The number of methoxy groups -OCH3 is 3. The fourth-order valence-corrected chi connectivity index (χ4v) is 1.84. The highest BCUT2D eigenvalue weighted by atomic mass is 16.5. The van der Waals surface area contributed by atoms with Gasteiger partial charge in [-0.25, -0.2) is 4.98 Å². The number of hydrogen-bond donors (Lipinski definition) is 1. The van der Waals surface area contributed by atoms with Crippen LogP contribution in [0.1, 0.15) is 10.4 Å². The zero-order valence-corrected chi connectivity index (χ0v) is 12.0. The molecule has 0 aliphatic rings. The number of nitrogens with one attached hydrogen (secondary N) is 1. The molecule has 2 rings (SSSR count). The average molecular weight is 288 g/mol. The van der Waals surface area contributed by atoms with Crippen molar-refractivity contribution in [2.75, 3.05) is 26.6 Å². The molecule has 1 aromatic carbocycles.